The standard InChI is InChI=1S/C32H21F3N4O/c33-32(34,35)26-12-7-13-27(19-26)37-31(40)25(21-36)18-22-14-16-28(17-15-22)39-30(24-10-5-2-6-11-24)20-29(38-39)23-8-3-1-4-9-23/h1-20H,(H,37,40)/b25-18+. The zero-order valence-corrected chi connectivity index (χ0v) is 20.9. The van der Waals surface area contributed by atoms with E-state index in [-0.39, 0.29) is 11.3 Å². The molecule has 5 rings (SSSR count). The van der Waals surface area contributed by atoms with E-state index < -0.39 is 17.6 Å². The van der Waals surface area contributed by atoms with Crippen LogP contribution in [0, 0.1) is 11.3 Å². The first kappa shape index (κ1) is 26.2. The number of anilines is 1. The molecule has 1 heterocycles. The third kappa shape index (κ3) is 5.84. The SMILES string of the molecule is N#C/C(=C\c1ccc(-n2nc(-c3ccccc3)cc2-c2ccccc2)cc1)C(=O)Nc1cccc(C(F)(F)F)c1. The number of benzene rings is 4. The zero-order chi connectivity index (χ0) is 28.1. The maximum atomic E-state index is 13.0. The van der Waals surface area contributed by atoms with Crippen LogP contribution < -0.4 is 5.32 Å². The lowest BCUT2D eigenvalue weighted by molar-refractivity contribution is -0.137. The van der Waals surface area contributed by atoms with Gasteiger partial charge in [-0.2, -0.15) is 23.5 Å². The van der Waals surface area contributed by atoms with Gasteiger partial charge in [-0.1, -0.05) is 78.9 Å². The molecule has 0 bridgehead atoms. The van der Waals surface area contributed by atoms with Crippen LogP contribution in [0.25, 0.3) is 34.3 Å². The molecule has 0 aliphatic rings. The molecule has 1 aromatic heterocycles. The molecular weight excluding hydrogens is 513 g/mol. The highest BCUT2D eigenvalue weighted by atomic mass is 19.4. The molecule has 4 aromatic carbocycles. The van der Waals surface area contributed by atoms with Crippen molar-refractivity contribution >= 4 is 17.7 Å². The minimum absolute atomic E-state index is 0.0577. The smallest absolute Gasteiger partial charge is 0.321 e. The average molecular weight is 535 g/mol. The number of carbonyl (C=O) groups excluding carboxylic acids is 1. The van der Waals surface area contributed by atoms with Crippen molar-refractivity contribution in [3.63, 3.8) is 0 Å². The molecule has 0 aliphatic carbocycles. The third-order valence-electron chi connectivity index (χ3n) is 6.11. The molecule has 1 N–H and O–H groups in total. The summed E-state index contributed by atoms with van der Waals surface area (Å²) in [5.74, 6) is -0.808. The lowest BCUT2D eigenvalue weighted by Crippen LogP contribution is -2.14. The number of nitrogens with one attached hydrogen (secondary N) is 1. The van der Waals surface area contributed by atoms with Gasteiger partial charge in [-0.3, -0.25) is 4.79 Å². The molecule has 1 amide bonds. The zero-order valence-electron chi connectivity index (χ0n) is 20.9. The van der Waals surface area contributed by atoms with Gasteiger partial charge in [0.25, 0.3) is 5.91 Å². The van der Waals surface area contributed by atoms with Crippen LogP contribution in [0.1, 0.15) is 11.1 Å². The monoisotopic (exact) mass is 534 g/mol. The Kier molecular flexibility index (Phi) is 7.29. The molecule has 0 saturated heterocycles. The second-order valence-corrected chi connectivity index (χ2v) is 8.85. The Morgan fingerprint density at radius 2 is 1.48 bits per heavy atom. The first-order valence-electron chi connectivity index (χ1n) is 12.2. The van der Waals surface area contributed by atoms with Gasteiger partial charge < -0.3 is 5.32 Å². The number of hydrogen-bond donors (Lipinski definition) is 1. The van der Waals surface area contributed by atoms with E-state index in [9.17, 15) is 23.2 Å². The van der Waals surface area contributed by atoms with Gasteiger partial charge in [0.2, 0.25) is 0 Å². The van der Waals surface area contributed by atoms with Gasteiger partial charge in [-0.25, -0.2) is 4.68 Å². The van der Waals surface area contributed by atoms with Crippen LogP contribution in [0.2, 0.25) is 0 Å². The van der Waals surface area contributed by atoms with E-state index >= 15 is 0 Å². The predicted octanol–water partition coefficient (Wildman–Crippen LogP) is 7.77. The fourth-order valence-corrected chi connectivity index (χ4v) is 4.14. The molecule has 0 atom stereocenters. The molecule has 5 aromatic rings. The minimum atomic E-state index is -4.55. The summed E-state index contributed by atoms with van der Waals surface area (Å²) in [6.07, 6.45) is -3.17. The second-order valence-electron chi connectivity index (χ2n) is 8.85. The molecule has 196 valence electrons. The van der Waals surface area contributed by atoms with E-state index in [1.165, 1.54) is 18.2 Å². The number of aromatic nitrogens is 2. The van der Waals surface area contributed by atoms with Crippen LogP contribution in [0.5, 0.6) is 0 Å². The molecular formula is C32H21F3N4O. The molecule has 40 heavy (non-hydrogen) atoms. The van der Waals surface area contributed by atoms with Gasteiger partial charge in [0.15, 0.2) is 0 Å². The number of carbonyl (C=O) groups is 1. The summed E-state index contributed by atoms with van der Waals surface area (Å²) in [7, 11) is 0. The topological polar surface area (TPSA) is 70.7 Å². The number of alkyl halides is 3. The molecule has 0 unspecified atom stereocenters. The van der Waals surface area contributed by atoms with E-state index in [1.54, 1.807) is 12.1 Å². The Morgan fingerprint density at radius 3 is 2.10 bits per heavy atom. The number of amides is 1. The van der Waals surface area contributed by atoms with E-state index in [1.807, 2.05) is 89.6 Å². The van der Waals surface area contributed by atoms with Crippen LogP contribution >= 0.6 is 0 Å². The quantitative estimate of drug-likeness (QED) is 0.179. The highest BCUT2D eigenvalue weighted by Gasteiger charge is 2.30. The van der Waals surface area contributed by atoms with Crippen molar-refractivity contribution in [2.75, 3.05) is 5.32 Å². The summed E-state index contributed by atoms with van der Waals surface area (Å²) in [6.45, 7) is 0. The van der Waals surface area contributed by atoms with Gasteiger partial charge in [-0.05, 0) is 48.0 Å². The Bertz CT molecular complexity index is 1720. The van der Waals surface area contributed by atoms with Crippen molar-refractivity contribution in [2.24, 2.45) is 0 Å². The van der Waals surface area contributed by atoms with Gasteiger partial charge in [0.05, 0.1) is 22.6 Å². The van der Waals surface area contributed by atoms with E-state index in [2.05, 4.69) is 5.32 Å². The number of halogens is 3. The van der Waals surface area contributed by atoms with Gasteiger partial charge in [-0.15, -0.1) is 0 Å². The number of rotatable bonds is 6. The van der Waals surface area contributed by atoms with E-state index in [0.717, 1.165) is 40.3 Å². The fourth-order valence-electron chi connectivity index (χ4n) is 4.14. The molecule has 8 heteroatoms. The first-order valence-corrected chi connectivity index (χ1v) is 12.2. The third-order valence-corrected chi connectivity index (χ3v) is 6.11. The number of nitrogens with zero attached hydrogens (tertiary/aromatic N) is 3. The van der Waals surface area contributed by atoms with E-state index in [0.29, 0.717) is 5.56 Å². The molecule has 0 spiro atoms. The van der Waals surface area contributed by atoms with Crippen molar-refractivity contribution in [2.45, 2.75) is 6.18 Å². The summed E-state index contributed by atoms with van der Waals surface area (Å²) in [6, 6.07) is 34.9. The summed E-state index contributed by atoms with van der Waals surface area (Å²) in [5, 5.41) is 16.8. The van der Waals surface area contributed by atoms with Crippen LogP contribution in [0.3, 0.4) is 0 Å². The van der Waals surface area contributed by atoms with Crippen LogP contribution in [0.4, 0.5) is 18.9 Å². The Balaban J connectivity index is 1.42. The maximum absolute atomic E-state index is 13.0. The molecule has 0 fully saturated rings. The molecule has 0 aliphatic heterocycles. The molecule has 0 radical (unpaired) electrons. The first-order chi connectivity index (χ1) is 19.3. The van der Waals surface area contributed by atoms with E-state index in [4.69, 9.17) is 5.10 Å². The predicted molar refractivity (Wildman–Crippen MR) is 148 cm³/mol. The minimum Gasteiger partial charge on any atom is -0.321 e. The molecule has 0 saturated carbocycles. The number of nitriles is 1. The largest absolute Gasteiger partial charge is 0.416 e. The highest BCUT2D eigenvalue weighted by molar-refractivity contribution is 6.09. The summed E-state index contributed by atoms with van der Waals surface area (Å²) >= 11 is 0. The normalized spacial score (nSPS) is 11.6. The lowest BCUT2D eigenvalue weighted by atomic mass is 10.1. The Hall–Kier alpha value is -5.42. The summed E-state index contributed by atoms with van der Waals surface area (Å²) < 4.78 is 40.8. The summed E-state index contributed by atoms with van der Waals surface area (Å²) in [4.78, 5) is 12.6. The van der Waals surface area contributed by atoms with Crippen molar-refractivity contribution < 1.29 is 18.0 Å². The average Bonchev–Trinajstić information content (AvgIpc) is 3.42. The second kappa shape index (κ2) is 11.1. The van der Waals surface area contributed by atoms with Crippen molar-refractivity contribution in [3.8, 4) is 34.3 Å². The number of hydrogen-bond acceptors (Lipinski definition) is 3. The maximum Gasteiger partial charge on any atom is 0.416 e. The van der Waals surface area contributed by atoms with Crippen LogP contribution in [-0.2, 0) is 11.0 Å². The van der Waals surface area contributed by atoms with Gasteiger partial charge in [0, 0.05) is 16.8 Å². The highest BCUT2D eigenvalue weighted by Crippen LogP contribution is 2.31. The van der Waals surface area contributed by atoms with Crippen molar-refractivity contribution in [3.05, 3.63) is 132 Å². The fraction of sp³-hybridized carbons (Fsp3) is 0.0312. The van der Waals surface area contributed by atoms with Gasteiger partial charge >= 0.3 is 6.18 Å². The Labute approximate surface area is 228 Å². The molecule has 5 nitrogen and oxygen atoms in total. The van der Waals surface area contributed by atoms with Crippen LogP contribution in [-0.4, -0.2) is 15.7 Å². The lowest BCUT2D eigenvalue weighted by Gasteiger charge is -2.10. The van der Waals surface area contributed by atoms with Crippen molar-refractivity contribution in [1.82, 2.24) is 9.78 Å². The van der Waals surface area contributed by atoms with Crippen molar-refractivity contribution in [1.29, 1.82) is 5.26 Å². The van der Waals surface area contributed by atoms with Crippen LogP contribution in [0.15, 0.2) is 121 Å². The van der Waals surface area contributed by atoms with Gasteiger partial charge in [0.1, 0.15) is 11.6 Å². The summed E-state index contributed by atoms with van der Waals surface area (Å²) in [5.41, 5.74) is 3.79. The Morgan fingerprint density at radius 1 is 0.825 bits per heavy atom.